The first-order chi connectivity index (χ1) is 18.9. The molecule has 39 heavy (non-hydrogen) atoms. The van der Waals surface area contributed by atoms with Gasteiger partial charge in [-0.05, 0) is 56.5 Å². The first-order valence-corrected chi connectivity index (χ1v) is 13.2. The van der Waals surface area contributed by atoms with E-state index in [4.69, 9.17) is 13.9 Å². The minimum atomic E-state index is -0.465. The molecule has 1 aromatic heterocycles. The number of ether oxygens (including phenoxy) is 3. The van der Waals surface area contributed by atoms with E-state index in [1.165, 1.54) is 7.11 Å². The predicted octanol–water partition coefficient (Wildman–Crippen LogP) is 4.73. The Labute approximate surface area is 226 Å². The smallest absolute Gasteiger partial charge is 0.306 e. The number of para-hydroxylation sites is 1. The van der Waals surface area contributed by atoms with Gasteiger partial charge in [0, 0.05) is 32.1 Å². The van der Waals surface area contributed by atoms with Crippen LogP contribution in [-0.2, 0) is 20.9 Å². The number of esters is 1. The first-order valence-electron chi connectivity index (χ1n) is 13.2. The summed E-state index contributed by atoms with van der Waals surface area (Å²) < 4.78 is 36.0. The van der Waals surface area contributed by atoms with Gasteiger partial charge in [-0.1, -0.05) is 6.07 Å². The Kier molecular flexibility index (Phi) is 9.59. The van der Waals surface area contributed by atoms with Crippen molar-refractivity contribution in [3.05, 3.63) is 41.7 Å². The number of benzene rings is 2. The van der Waals surface area contributed by atoms with Gasteiger partial charge < -0.3 is 29.3 Å². The highest BCUT2D eigenvalue weighted by Crippen LogP contribution is 2.31. The Morgan fingerprint density at radius 2 is 1.79 bits per heavy atom. The lowest BCUT2D eigenvalue weighted by molar-refractivity contribution is -0.141. The molecular weight excluding hydrogens is 507 g/mol. The molecule has 2 aromatic carbocycles. The number of rotatable bonds is 12. The van der Waals surface area contributed by atoms with Gasteiger partial charge in [-0.25, -0.2) is 0 Å². The van der Waals surface area contributed by atoms with Crippen molar-refractivity contribution in [3.63, 3.8) is 0 Å². The van der Waals surface area contributed by atoms with E-state index in [1.54, 1.807) is 30.3 Å². The highest BCUT2D eigenvalue weighted by Gasteiger charge is 2.23. The molecule has 0 saturated carbocycles. The SMILES string of the molecule is CCOc1cc(CN2CCC(Nc3nc4c(NC(=O)CCC(=O)OC)cccc4o3)CC2)cc(OCC)c1F. The summed E-state index contributed by atoms with van der Waals surface area (Å²) in [7, 11) is 1.29. The number of fused-ring (bicyclic) bond motifs is 1. The number of amides is 1. The zero-order valence-corrected chi connectivity index (χ0v) is 22.5. The van der Waals surface area contributed by atoms with Gasteiger partial charge >= 0.3 is 5.97 Å². The summed E-state index contributed by atoms with van der Waals surface area (Å²) >= 11 is 0. The third-order valence-electron chi connectivity index (χ3n) is 6.46. The number of halogens is 1. The fraction of sp³-hybridized carbons (Fsp3) is 0.464. The Morgan fingerprint density at radius 1 is 1.10 bits per heavy atom. The molecule has 0 spiro atoms. The minimum Gasteiger partial charge on any atom is -0.491 e. The molecule has 1 amide bonds. The lowest BCUT2D eigenvalue weighted by Crippen LogP contribution is -2.38. The summed E-state index contributed by atoms with van der Waals surface area (Å²) in [5.41, 5.74) is 2.54. The highest BCUT2D eigenvalue weighted by molar-refractivity contribution is 6.00. The number of hydrogen-bond donors (Lipinski definition) is 2. The molecule has 4 rings (SSSR count). The molecule has 0 aliphatic carbocycles. The van der Waals surface area contributed by atoms with Crippen molar-refractivity contribution in [2.75, 3.05) is 44.0 Å². The van der Waals surface area contributed by atoms with E-state index in [2.05, 4.69) is 25.3 Å². The van der Waals surface area contributed by atoms with Crippen LogP contribution >= 0.6 is 0 Å². The van der Waals surface area contributed by atoms with Gasteiger partial charge in [0.1, 0.15) is 5.52 Å². The monoisotopic (exact) mass is 542 g/mol. The van der Waals surface area contributed by atoms with Crippen molar-refractivity contribution in [2.45, 2.75) is 52.1 Å². The summed E-state index contributed by atoms with van der Waals surface area (Å²) in [5.74, 6) is -0.784. The topological polar surface area (TPSA) is 115 Å². The van der Waals surface area contributed by atoms with E-state index in [1.807, 2.05) is 13.8 Å². The van der Waals surface area contributed by atoms with E-state index in [0.29, 0.717) is 42.6 Å². The van der Waals surface area contributed by atoms with E-state index < -0.39 is 11.8 Å². The van der Waals surface area contributed by atoms with Gasteiger partial charge in [-0.15, -0.1) is 0 Å². The standard InChI is InChI=1S/C28H35FN4O6/c1-4-37-22-15-18(16-23(26(22)29)38-5-2)17-33-13-11-19(12-14-33)30-28-32-27-20(7-6-8-21(27)39-28)31-24(34)9-10-25(35)36-3/h6-8,15-16,19H,4-5,9-14,17H2,1-3H3,(H,30,32)(H,31,34). The lowest BCUT2D eigenvalue weighted by Gasteiger charge is -2.32. The summed E-state index contributed by atoms with van der Waals surface area (Å²) in [6.07, 6.45) is 1.76. The number of likely N-dealkylation sites (tertiary alicyclic amines) is 1. The van der Waals surface area contributed by atoms with Crippen LogP contribution in [0.2, 0.25) is 0 Å². The van der Waals surface area contributed by atoms with E-state index >= 15 is 0 Å². The maximum Gasteiger partial charge on any atom is 0.306 e. The molecule has 210 valence electrons. The largest absolute Gasteiger partial charge is 0.491 e. The Morgan fingerprint density at radius 3 is 2.44 bits per heavy atom. The molecule has 10 nitrogen and oxygen atoms in total. The number of methoxy groups -OCH3 is 1. The average Bonchev–Trinajstić information content (AvgIpc) is 3.34. The number of nitrogens with one attached hydrogen (secondary N) is 2. The third-order valence-corrected chi connectivity index (χ3v) is 6.46. The van der Waals surface area contributed by atoms with Gasteiger partial charge in [0.25, 0.3) is 6.01 Å². The second-order valence-electron chi connectivity index (χ2n) is 9.26. The van der Waals surface area contributed by atoms with Crippen LogP contribution in [0.15, 0.2) is 34.7 Å². The van der Waals surface area contributed by atoms with Crippen LogP contribution in [-0.4, -0.2) is 61.2 Å². The van der Waals surface area contributed by atoms with E-state index in [0.717, 1.165) is 31.5 Å². The summed E-state index contributed by atoms with van der Waals surface area (Å²) in [6, 6.07) is 9.35. The molecule has 1 saturated heterocycles. The van der Waals surface area contributed by atoms with Gasteiger partial charge in [-0.2, -0.15) is 9.37 Å². The Hall–Kier alpha value is -3.86. The van der Waals surface area contributed by atoms with Crippen LogP contribution in [0.5, 0.6) is 11.5 Å². The molecule has 0 radical (unpaired) electrons. The second kappa shape index (κ2) is 13.3. The molecule has 0 bridgehead atoms. The minimum absolute atomic E-state index is 0.00511. The number of carbonyl (C=O) groups is 2. The van der Waals surface area contributed by atoms with Crippen LogP contribution in [0, 0.1) is 5.82 Å². The molecule has 1 fully saturated rings. The molecule has 2 N–H and O–H groups in total. The molecule has 3 aromatic rings. The quantitative estimate of drug-likeness (QED) is 0.313. The zero-order chi connectivity index (χ0) is 27.8. The van der Waals surface area contributed by atoms with Crippen LogP contribution in [0.4, 0.5) is 16.1 Å². The van der Waals surface area contributed by atoms with Crippen molar-refractivity contribution in [1.82, 2.24) is 9.88 Å². The number of nitrogens with zero attached hydrogens (tertiary/aromatic N) is 2. The maximum absolute atomic E-state index is 14.6. The highest BCUT2D eigenvalue weighted by atomic mass is 19.1. The average molecular weight is 543 g/mol. The summed E-state index contributed by atoms with van der Waals surface area (Å²) in [4.78, 5) is 30.4. The molecule has 0 unspecified atom stereocenters. The zero-order valence-electron chi connectivity index (χ0n) is 22.5. The van der Waals surface area contributed by atoms with E-state index in [-0.39, 0.29) is 36.3 Å². The third kappa shape index (κ3) is 7.38. The molecule has 11 heteroatoms. The van der Waals surface area contributed by atoms with Crippen molar-refractivity contribution >= 4 is 34.7 Å². The first kappa shape index (κ1) is 28.2. The normalized spacial score (nSPS) is 14.3. The van der Waals surface area contributed by atoms with Crippen LogP contribution in [0.25, 0.3) is 11.1 Å². The molecule has 1 aliphatic rings. The van der Waals surface area contributed by atoms with Crippen LogP contribution < -0.4 is 20.1 Å². The van der Waals surface area contributed by atoms with Gasteiger partial charge in [0.05, 0.1) is 32.4 Å². The van der Waals surface area contributed by atoms with E-state index in [9.17, 15) is 14.0 Å². The fourth-order valence-corrected chi connectivity index (χ4v) is 4.55. The van der Waals surface area contributed by atoms with Gasteiger partial charge in [0.15, 0.2) is 17.1 Å². The number of piperidine rings is 1. The number of carbonyl (C=O) groups excluding carboxylic acids is 2. The Bertz CT molecular complexity index is 1260. The molecule has 0 atom stereocenters. The van der Waals surface area contributed by atoms with Crippen molar-refractivity contribution < 1.29 is 32.6 Å². The molecule has 1 aliphatic heterocycles. The summed E-state index contributed by atoms with van der Waals surface area (Å²) in [6.45, 7) is 6.74. The van der Waals surface area contributed by atoms with Crippen molar-refractivity contribution in [3.8, 4) is 11.5 Å². The predicted molar refractivity (Wildman–Crippen MR) is 145 cm³/mol. The number of anilines is 2. The lowest BCUT2D eigenvalue weighted by atomic mass is 10.0. The van der Waals surface area contributed by atoms with Crippen molar-refractivity contribution in [2.24, 2.45) is 0 Å². The number of aromatic nitrogens is 1. The number of oxazole rings is 1. The molecule has 2 heterocycles. The second-order valence-corrected chi connectivity index (χ2v) is 9.26. The molecular formula is C28H35FN4O6. The van der Waals surface area contributed by atoms with Crippen molar-refractivity contribution in [1.29, 1.82) is 0 Å². The van der Waals surface area contributed by atoms with Gasteiger partial charge in [0.2, 0.25) is 11.7 Å². The fourth-order valence-electron chi connectivity index (χ4n) is 4.55. The van der Waals surface area contributed by atoms with Crippen LogP contribution in [0.1, 0.15) is 45.1 Å². The number of hydrogen-bond acceptors (Lipinski definition) is 9. The Balaban J connectivity index is 1.34. The maximum atomic E-state index is 14.6. The van der Waals surface area contributed by atoms with Gasteiger partial charge in [-0.3, -0.25) is 14.5 Å². The summed E-state index contributed by atoms with van der Waals surface area (Å²) in [5, 5.41) is 6.17. The van der Waals surface area contributed by atoms with Crippen LogP contribution in [0.3, 0.4) is 0 Å².